The summed E-state index contributed by atoms with van der Waals surface area (Å²) < 4.78 is 0.643. The number of aromatic nitrogens is 3. The second-order valence-corrected chi connectivity index (χ2v) is 2.70. The lowest BCUT2D eigenvalue weighted by molar-refractivity contribution is -0.684. The van der Waals surface area contributed by atoms with Gasteiger partial charge in [-0.2, -0.15) is 0 Å². The third-order valence-electron chi connectivity index (χ3n) is 1.84. The fourth-order valence-electron chi connectivity index (χ4n) is 1.20. The molecular weight excluding hydrogens is 170 g/mol. The molecule has 5 heteroatoms. The van der Waals surface area contributed by atoms with E-state index in [1.807, 2.05) is 0 Å². The lowest BCUT2D eigenvalue weighted by Gasteiger charge is -2.04. The highest BCUT2D eigenvalue weighted by Crippen LogP contribution is 2.02. The van der Waals surface area contributed by atoms with E-state index in [1.54, 1.807) is 24.3 Å². The molecule has 0 radical (unpaired) electrons. The maximum atomic E-state index is 11.4. The van der Waals surface area contributed by atoms with Gasteiger partial charge in [0.15, 0.2) is 0 Å². The maximum absolute atomic E-state index is 11.4. The zero-order valence-electron chi connectivity index (χ0n) is 6.97. The summed E-state index contributed by atoms with van der Waals surface area (Å²) in [7, 11) is 0. The van der Waals surface area contributed by atoms with Crippen LogP contribution in [-0.2, 0) is 0 Å². The summed E-state index contributed by atoms with van der Waals surface area (Å²) in [6, 6.07) is 6.54. The average Bonchev–Trinajstić information content (AvgIpc) is 2.15. The molecule has 0 aliphatic heterocycles. The van der Waals surface area contributed by atoms with Crippen molar-refractivity contribution in [2.75, 3.05) is 0 Å². The zero-order chi connectivity index (χ0) is 9.42. The first-order valence-electron chi connectivity index (χ1n) is 3.79. The van der Waals surface area contributed by atoms with E-state index in [4.69, 9.17) is 0 Å². The van der Waals surface area contributed by atoms with Crippen LogP contribution in [0.5, 0.6) is 0 Å². The van der Waals surface area contributed by atoms with Crippen LogP contribution in [-0.4, -0.2) is 5.10 Å². The van der Waals surface area contributed by atoms with Crippen molar-refractivity contribution in [3.8, 4) is 0 Å². The Kier molecular flexibility index (Phi) is 1.51. The molecule has 66 valence electrons. The Balaban J connectivity index is 2.97. The van der Waals surface area contributed by atoms with E-state index < -0.39 is 0 Å². The van der Waals surface area contributed by atoms with E-state index >= 15 is 0 Å². The lowest BCUT2D eigenvalue weighted by Crippen LogP contribution is -2.44. The fourth-order valence-corrected chi connectivity index (χ4v) is 1.20. The summed E-state index contributed by atoms with van der Waals surface area (Å²) in [5, 5.41) is 26.1. The summed E-state index contributed by atoms with van der Waals surface area (Å²) in [5.74, 6) is 0.147. The standard InChI is InChI=1S/C8H7N3O2/c1-6-9-11(13)8-5-3-2-4-7(8)10(6)12/h2-5H,1H3. The van der Waals surface area contributed by atoms with E-state index in [-0.39, 0.29) is 11.3 Å². The predicted octanol–water partition coefficient (Wildman–Crippen LogP) is -0.190. The van der Waals surface area contributed by atoms with E-state index in [2.05, 4.69) is 5.10 Å². The largest absolute Gasteiger partial charge is 0.710 e. The monoisotopic (exact) mass is 177 g/mol. The third-order valence-corrected chi connectivity index (χ3v) is 1.84. The average molecular weight is 177 g/mol. The van der Waals surface area contributed by atoms with Gasteiger partial charge in [-0.3, -0.25) is 0 Å². The van der Waals surface area contributed by atoms with Gasteiger partial charge in [-0.15, -0.1) is 0 Å². The van der Waals surface area contributed by atoms with Gasteiger partial charge in [0.25, 0.3) is 0 Å². The molecule has 0 N–H and O–H groups in total. The highest BCUT2D eigenvalue weighted by atomic mass is 16.5. The lowest BCUT2D eigenvalue weighted by atomic mass is 10.3. The van der Waals surface area contributed by atoms with Crippen LogP contribution in [0.3, 0.4) is 0 Å². The number of rotatable bonds is 0. The Morgan fingerprint density at radius 3 is 2.46 bits per heavy atom. The van der Waals surface area contributed by atoms with Crippen molar-refractivity contribution in [2.45, 2.75) is 6.92 Å². The second kappa shape index (κ2) is 2.55. The first kappa shape index (κ1) is 7.72. The SMILES string of the molecule is Cc1n[n+]([O-])c2ccccc2[n+]1[O-]. The van der Waals surface area contributed by atoms with E-state index in [9.17, 15) is 10.4 Å². The number of hydrogen-bond donors (Lipinski definition) is 0. The molecule has 1 aromatic carbocycles. The number of para-hydroxylation sites is 2. The third kappa shape index (κ3) is 1.05. The van der Waals surface area contributed by atoms with Crippen molar-refractivity contribution in [2.24, 2.45) is 0 Å². The molecule has 0 fully saturated rings. The molecule has 5 nitrogen and oxygen atoms in total. The van der Waals surface area contributed by atoms with E-state index in [0.29, 0.717) is 15.1 Å². The highest BCUT2D eigenvalue weighted by Gasteiger charge is 2.16. The Morgan fingerprint density at radius 2 is 1.77 bits per heavy atom. The van der Waals surface area contributed by atoms with Gasteiger partial charge in [-0.05, 0) is 6.07 Å². The van der Waals surface area contributed by atoms with E-state index in [0.717, 1.165) is 0 Å². The van der Waals surface area contributed by atoms with Crippen LogP contribution in [0.25, 0.3) is 11.0 Å². The Labute approximate surface area is 74.0 Å². The van der Waals surface area contributed by atoms with Gasteiger partial charge in [-0.25, -0.2) is 4.73 Å². The van der Waals surface area contributed by atoms with Crippen molar-refractivity contribution in [3.05, 3.63) is 40.5 Å². The van der Waals surface area contributed by atoms with Crippen molar-refractivity contribution < 1.29 is 9.58 Å². The molecule has 0 atom stereocenters. The minimum absolute atomic E-state index is 0.147. The summed E-state index contributed by atoms with van der Waals surface area (Å²) in [6.45, 7) is 1.49. The van der Waals surface area contributed by atoms with Crippen LogP contribution in [0.2, 0.25) is 0 Å². The topological polar surface area (TPSA) is 66.8 Å². The smallest absolute Gasteiger partial charge is 0.374 e. The van der Waals surface area contributed by atoms with Crippen LogP contribution < -0.4 is 9.58 Å². The van der Waals surface area contributed by atoms with Gasteiger partial charge in [0, 0.05) is 13.0 Å². The van der Waals surface area contributed by atoms with Crippen LogP contribution in [0.15, 0.2) is 24.3 Å². The molecule has 0 aliphatic rings. The van der Waals surface area contributed by atoms with Crippen LogP contribution in [0.1, 0.15) is 5.82 Å². The predicted molar refractivity (Wildman–Crippen MR) is 44.4 cm³/mol. The van der Waals surface area contributed by atoms with E-state index in [1.165, 1.54) is 6.92 Å². The van der Waals surface area contributed by atoms with Gasteiger partial charge >= 0.3 is 11.3 Å². The number of nitrogens with zero attached hydrogens (tertiary/aromatic N) is 3. The van der Waals surface area contributed by atoms with Crippen molar-refractivity contribution in [1.29, 1.82) is 0 Å². The second-order valence-electron chi connectivity index (χ2n) is 2.70. The van der Waals surface area contributed by atoms with Crippen LogP contribution in [0.4, 0.5) is 0 Å². The molecular formula is C8H7N3O2. The van der Waals surface area contributed by atoms with Crippen LogP contribution in [0, 0.1) is 17.3 Å². The van der Waals surface area contributed by atoms with Crippen molar-refractivity contribution >= 4 is 11.0 Å². The van der Waals surface area contributed by atoms with Gasteiger partial charge in [0.1, 0.15) is 0 Å². The summed E-state index contributed by atoms with van der Waals surface area (Å²) in [6.07, 6.45) is 0. The summed E-state index contributed by atoms with van der Waals surface area (Å²) >= 11 is 0. The molecule has 0 spiro atoms. The molecule has 0 bridgehead atoms. The van der Waals surface area contributed by atoms with Gasteiger partial charge in [0.2, 0.25) is 10.6 Å². The number of aryl methyl sites for hydroxylation is 1. The summed E-state index contributed by atoms with van der Waals surface area (Å²) in [5.41, 5.74) is 0.619. The molecule has 0 saturated carbocycles. The zero-order valence-corrected chi connectivity index (χ0v) is 6.97. The maximum Gasteiger partial charge on any atom is 0.374 e. The highest BCUT2D eigenvalue weighted by molar-refractivity contribution is 5.66. The Bertz CT molecular complexity index is 470. The molecule has 0 amide bonds. The minimum atomic E-state index is 0.147. The normalized spacial score (nSPS) is 10.5. The Hall–Kier alpha value is -1.91. The molecule has 13 heavy (non-hydrogen) atoms. The van der Waals surface area contributed by atoms with Gasteiger partial charge < -0.3 is 10.4 Å². The van der Waals surface area contributed by atoms with Crippen molar-refractivity contribution in [1.82, 2.24) is 5.10 Å². The number of fused-ring (bicyclic) bond motifs is 1. The van der Waals surface area contributed by atoms with Crippen LogP contribution >= 0.6 is 0 Å². The quantitative estimate of drug-likeness (QED) is 0.413. The molecule has 2 rings (SSSR count). The van der Waals surface area contributed by atoms with Gasteiger partial charge in [0.05, 0.1) is 4.85 Å². The minimum Gasteiger partial charge on any atom is -0.710 e. The molecule has 0 unspecified atom stereocenters. The molecule has 0 saturated heterocycles. The fraction of sp³-hybridized carbons (Fsp3) is 0.125. The Morgan fingerprint density at radius 1 is 1.15 bits per heavy atom. The van der Waals surface area contributed by atoms with Crippen molar-refractivity contribution in [3.63, 3.8) is 0 Å². The molecule has 1 heterocycles. The molecule has 0 aliphatic carbocycles. The number of benzene rings is 1. The summed E-state index contributed by atoms with van der Waals surface area (Å²) in [4.78, 5) is 0.457. The first-order chi connectivity index (χ1) is 6.20. The van der Waals surface area contributed by atoms with Gasteiger partial charge in [-0.1, -0.05) is 12.1 Å². The number of hydrogen-bond acceptors (Lipinski definition) is 3. The molecule has 1 aromatic heterocycles. The molecule has 2 aromatic rings. The first-order valence-corrected chi connectivity index (χ1v) is 3.79.